The van der Waals surface area contributed by atoms with Gasteiger partial charge in [0.05, 0.1) is 7.11 Å². The highest BCUT2D eigenvalue weighted by molar-refractivity contribution is 5.97. The molecule has 1 rings (SSSR count). The highest BCUT2D eigenvalue weighted by atomic mass is 16.5. The monoisotopic (exact) mass is 306 g/mol. The number of amides is 2. The Balaban J connectivity index is 2.61. The highest BCUT2D eigenvalue weighted by Gasteiger charge is 2.14. The summed E-state index contributed by atoms with van der Waals surface area (Å²) >= 11 is 0. The molecule has 0 atom stereocenters. The Morgan fingerprint density at radius 1 is 1.09 bits per heavy atom. The number of rotatable bonds is 7. The molecule has 0 aromatic heterocycles. The number of hydrogen-bond donors (Lipinski definition) is 2. The van der Waals surface area contributed by atoms with Crippen LogP contribution in [-0.2, 0) is 14.3 Å². The molecule has 1 aromatic rings. The summed E-state index contributed by atoms with van der Waals surface area (Å²) in [5, 5.41) is 5.27. The van der Waals surface area contributed by atoms with Crippen molar-refractivity contribution in [2.24, 2.45) is 5.92 Å². The number of hydrogen-bond acceptors (Lipinski definition) is 4. The Labute approximate surface area is 130 Å². The number of esters is 1. The fourth-order valence-corrected chi connectivity index (χ4v) is 1.94. The summed E-state index contributed by atoms with van der Waals surface area (Å²) in [4.78, 5) is 34.7. The smallest absolute Gasteiger partial charge is 0.325 e. The third-order valence-corrected chi connectivity index (χ3v) is 3.39. The molecule has 0 unspecified atom stereocenters. The quantitative estimate of drug-likeness (QED) is 0.754. The van der Waals surface area contributed by atoms with Crippen LogP contribution in [0.1, 0.15) is 37.0 Å². The molecule has 0 heterocycles. The second kappa shape index (κ2) is 8.81. The standard InChI is InChI=1S/C16H22N2O4/c1-4-11(5-2)16(21)18-13-8-6-12(7-9-13)15(20)17-10-14(19)22-3/h6-9,11H,4-5,10H2,1-3H3,(H,17,20)(H,18,21). The third kappa shape index (κ3) is 5.20. The number of ether oxygens (including phenoxy) is 1. The van der Waals surface area contributed by atoms with Gasteiger partial charge in [0.2, 0.25) is 5.91 Å². The van der Waals surface area contributed by atoms with Crippen molar-refractivity contribution in [1.82, 2.24) is 5.32 Å². The first-order chi connectivity index (χ1) is 10.5. The number of carbonyl (C=O) groups excluding carboxylic acids is 3. The molecule has 2 amide bonds. The molecule has 0 aliphatic rings. The minimum absolute atomic E-state index is 0.0111. The van der Waals surface area contributed by atoms with Crippen molar-refractivity contribution in [1.29, 1.82) is 0 Å². The van der Waals surface area contributed by atoms with Crippen LogP contribution in [-0.4, -0.2) is 31.4 Å². The minimum atomic E-state index is -0.512. The molecule has 6 heteroatoms. The van der Waals surface area contributed by atoms with E-state index in [1.165, 1.54) is 7.11 Å². The van der Waals surface area contributed by atoms with Crippen LogP contribution in [0, 0.1) is 5.92 Å². The molecule has 0 aliphatic carbocycles. The van der Waals surface area contributed by atoms with E-state index in [9.17, 15) is 14.4 Å². The van der Waals surface area contributed by atoms with Crippen LogP contribution >= 0.6 is 0 Å². The molecule has 0 fully saturated rings. The molecule has 0 bridgehead atoms. The van der Waals surface area contributed by atoms with E-state index in [-0.39, 0.29) is 24.3 Å². The van der Waals surface area contributed by atoms with Crippen LogP contribution in [0.25, 0.3) is 0 Å². The van der Waals surface area contributed by atoms with Gasteiger partial charge in [-0.15, -0.1) is 0 Å². The first kappa shape index (κ1) is 17.7. The zero-order valence-corrected chi connectivity index (χ0v) is 13.1. The lowest BCUT2D eigenvalue weighted by Gasteiger charge is -2.13. The highest BCUT2D eigenvalue weighted by Crippen LogP contribution is 2.14. The molecule has 0 radical (unpaired) electrons. The second-order valence-electron chi connectivity index (χ2n) is 4.84. The van der Waals surface area contributed by atoms with Crippen molar-refractivity contribution in [3.63, 3.8) is 0 Å². The van der Waals surface area contributed by atoms with Gasteiger partial charge in [-0.1, -0.05) is 13.8 Å². The summed E-state index contributed by atoms with van der Waals surface area (Å²) in [6.07, 6.45) is 1.58. The average molecular weight is 306 g/mol. The molecule has 0 saturated heterocycles. The summed E-state index contributed by atoms with van der Waals surface area (Å²) in [6.45, 7) is 3.77. The van der Waals surface area contributed by atoms with Gasteiger partial charge >= 0.3 is 5.97 Å². The first-order valence-corrected chi connectivity index (χ1v) is 7.27. The maximum Gasteiger partial charge on any atom is 0.325 e. The average Bonchev–Trinajstić information content (AvgIpc) is 2.54. The zero-order chi connectivity index (χ0) is 16.5. The minimum Gasteiger partial charge on any atom is -0.468 e. The molecular formula is C16H22N2O4. The van der Waals surface area contributed by atoms with E-state index in [2.05, 4.69) is 15.4 Å². The van der Waals surface area contributed by atoms with Gasteiger partial charge in [-0.05, 0) is 37.1 Å². The lowest BCUT2D eigenvalue weighted by molar-refractivity contribution is -0.139. The number of methoxy groups -OCH3 is 1. The van der Waals surface area contributed by atoms with Crippen molar-refractivity contribution in [3.8, 4) is 0 Å². The van der Waals surface area contributed by atoms with Crippen LogP contribution in [0.5, 0.6) is 0 Å². The molecule has 2 N–H and O–H groups in total. The van der Waals surface area contributed by atoms with Crippen molar-refractivity contribution in [2.45, 2.75) is 26.7 Å². The van der Waals surface area contributed by atoms with E-state index in [4.69, 9.17) is 0 Å². The largest absolute Gasteiger partial charge is 0.468 e. The van der Waals surface area contributed by atoms with Gasteiger partial charge in [-0.3, -0.25) is 14.4 Å². The van der Waals surface area contributed by atoms with Crippen molar-refractivity contribution in [3.05, 3.63) is 29.8 Å². The van der Waals surface area contributed by atoms with Gasteiger partial charge in [-0.25, -0.2) is 0 Å². The third-order valence-electron chi connectivity index (χ3n) is 3.39. The van der Waals surface area contributed by atoms with Crippen LogP contribution in [0.15, 0.2) is 24.3 Å². The SMILES string of the molecule is CCC(CC)C(=O)Nc1ccc(C(=O)NCC(=O)OC)cc1. The Kier molecular flexibility index (Phi) is 7.08. The molecule has 22 heavy (non-hydrogen) atoms. The predicted octanol–water partition coefficient (Wildman–Crippen LogP) is 1.96. The van der Waals surface area contributed by atoms with Crippen LogP contribution < -0.4 is 10.6 Å². The molecule has 0 aliphatic heterocycles. The molecule has 0 saturated carbocycles. The Bertz CT molecular complexity index is 521. The topological polar surface area (TPSA) is 84.5 Å². The second-order valence-corrected chi connectivity index (χ2v) is 4.84. The lowest BCUT2D eigenvalue weighted by atomic mass is 10.0. The van der Waals surface area contributed by atoms with Gasteiger partial charge in [0.25, 0.3) is 5.91 Å². The number of carbonyl (C=O) groups is 3. The maximum absolute atomic E-state index is 12.0. The van der Waals surface area contributed by atoms with Gasteiger partial charge < -0.3 is 15.4 Å². The van der Waals surface area contributed by atoms with E-state index in [1.807, 2.05) is 13.8 Å². The van der Waals surface area contributed by atoms with E-state index >= 15 is 0 Å². The predicted molar refractivity (Wildman–Crippen MR) is 83.5 cm³/mol. The van der Waals surface area contributed by atoms with E-state index in [0.717, 1.165) is 12.8 Å². The number of nitrogens with one attached hydrogen (secondary N) is 2. The Morgan fingerprint density at radius 2 is 1.68 bits per heavy atom. The molecule has 6 nitrogen and oxygen atoms in total. The maximum atomic E-state index is 12.0. The van der Waals surface area contributed by atoms with E-state index < -0.39 is 5.97 Å². The summed E-state index contributed by atoms with van der Waals surface area (Å²) < 4.78 is 4.44. The zero-order valence-electron chi connectivity index (χ0n) is 13.1. The Morgan fingerprint density at radius 3 is 2.18 bits per heavy atom. The van der Waals surface area contributed by atoms with Crippen molar-refractivity contribution < 1.29 is 19.1 Å². The molecule has 120 valence electrons. The summed E-state index contributed by atoms with van der Waals surface area (Å²) in [5.41, 5.74) is 1.05. The van der Waals surface area contributed by atoms with Crippen molar-refractivity contribution in [2.75, 3.05) is 19.0 Å². The Hall–Kier alpha value is -2.37. The van der Waals surface area contributed by atoms with Crippen LogP contribution in [0.2, 0.25) is 0 Å². The molecule has 1 aromatic carbocycles. The number of anilines is 1. The van der Waals surface area contributed by atoms with Gasteiger partial charge in [0.1, 0.15) is 6.54 Å². The van der Waals surface area contributed by atoms with Crippen LogP contribution in [0.3, 0.4) is 0 Å². The molecular weight excluding hydrogens is 284 g/mol. The van der Waals surface area contributed by atoms with E-state index in [1.54, 1.807) is 24.3 Å². The summed E-state index contributed by atoms with van der Waals surface area (Å²) in [6, 6.07) is 6.50. The van der Waals surface area contributed by atoms with Gasteiger partial charge in [-0.2, -0.15) is 0 Å². The number of benzene rings is 1. The van der Waals surface area contributed by atoms with E-state index in [0.29, 0.717) is 11.3 Å². The van der Waals surface area contributed by atoms with Gasteiger partial charge in [0.15, 0.2) is 0 Å². The van der Waals surface area contributed by atoms with Crippen LogP contribution in [0.4, 0.5) is 5.69 Å². The fourth-order valence-electron chi connectivity index (χ4n) is 1.94. The normalized spacial score (nSPS) is 10.2. The summed E-state index contributed by atoms with van der Waals surface area (Å²) in [5.74, 6) is -0.915. The van der Waals surface area contributed by atoms with Crippen molar-refractivity contribution >= 4 is 23.5 Å². The lowest BCUT2D eigenvalue weighted by Crippen LogP contribution is -2.30. The first-order valence-electron chi connectivity index (χ1n) is 7.27. The van der Waals surface area contributed by atoms with Gasteiger partial charge in [0, 0.05) is 17.2 Å². The fraction of sp³-hybridized carbons (Fsp3) is 0.438. The molecule has 0 spiro atoms. The summed E-state index contributed by atoms with van der Waals surface area (Å²) in [7, 11) is 1.26.